The molecule has 5 nitrogen and oxygen atoms in total. The summed E-state index contributed by atoms with van der Waals surface area (Å²) in [6.07, 6.45) is 6.51. The van der Waals surface area contributed by atoms with Crippen LogP contribution in [-0.4, -0.2) is 38.0 Å². The van der Waals surface area contributed by atoms with Crippen LogP contribution in [0.4, 0.5) is 4.79 Å². The van der Waals surface area contributed by atoms with E-state index in [1.54, 1.807) is 0 Å². The average Bonchev–Trinajstić information content (AvgIpc) is 2.59. The van der Waals surface area contributed by atoms with Crippen molar-refractivity contribution in [3.63, 3.8) is 0 Å². The maximum atomic E-state index is 11.8. The van der Waals surface area contributed by atoms with Crippen LogP contribution in [0.1, 0.15) is 38.5 Å². The number of carbonyl (C=O) groups excluding carboxylic acids is 1. The highest BCUT2D eigenvalue weighted by molar-refractivity contribution is 5.74. The molecular weight excluding hydrogens is 218 g/mol. The number of nitrogens with one attached hydrogen (secondary N) is 3. The molecule has 0 aromatic heterocycles. The van der Waals surface area contributed by atoms with Crippen LogP contribution in [0.2, 0.25) is 0 Å². The van der Waals surface area contributed by atoms with Crippen LogP contribution < -0.4 is 16.0 Å². The summed E-state index contributed by atoms with van der Waals surface area (Å²) < 4.78 is 5.47. The van der Waals surface area contributed by atoms with Crippen molar-refractivity contribution < 1.29 is 9.53 Å². The van der Waals surface area contributed by atoms with Crippen LogP contribution in [-0.2, 0) is 4.74 Å². The minimum absolute atomic E-state index is 0.0920. The molecule has 0 aromatic rings. The van der Waals surface area contributed by atoms with Crippen LogP contribution >= 0.6 is 0 Å². The first-order valence-corrected chi connectivity index (χ1v) is 6.74. The summed E-state index contributed by atoms with van der Waals surface area (Å²) >= 11 is 0. The number of ether oxygens (including phenoxy) is 1. The zero-order valence-corrected chi connectivity index (χ0v) is 10.3. The van der Waals surface area contributed by atoms with Gasteiger partial charge >= 0.3 is 6.03 Å². The van der Waals surface area contributed by atoms with Gasteiger partial charge in [0.05, 0.1) is 0 Å². The lowest BCUT2D eigenvalue weighted by molar-refractivity contribution is 0.00214. The molecule has 2 amide bonds. The third-order valence-electron chi connectivity index (χ3n) is 3.35. The number of rotatable bonds is 2. The standard InChI is InChI=1S/C12H23N3O2/c16-12(15-11-6-2-4-8-17-11)14-10-5-1-3-7-13-9-10/h10-11,13H,1-9H2,(H2,14,15,16). The van der Waals surface area contributed by atoms with E-state index in [9.17, 15) is 4.79 Å². The Hall–Kier alpha value is -0.810. The molecule has 2 unspecified atom stereocenters. The van der Waals surface area contributed by atoms with Gasteiger partial charge in [0.15, 0.2) is 0 Å². The summed E-state index contributed by atoms with van der Waals surface area (Å²) in [6, 6.07) is 0.159. The molecule has 0 saturated carbocycles. The second-order valence-electron chi connectivity index (χ2n) is 4.87. The zero-order chi connectivity index (χ0) is 11.9. The van der Waals surface area contributed by atoms with Gasteiger partial charge in [0.1, 0.15) is 6.23 Å². The average molecular weight is 241 g/mol. The second kappa shape index (κ2) is 6.81. The normalized spacial score (nSPS) is 30.4. The number of carbonyl (C=O) groups is 1. The Labute approximate surface area is 103 Å². The molecular formula is C12H23N3O2. The summed E-state index contributed by atoms with van der Waals surface area (Å²) in [6.45, 7) is 2.69. The molecule has 3 N–H and O–H groups in total. The van der Waals surface area contributed by atoms with E-state index in [0.717, 1.165) is 45.4 Å². The quantitative estimate of drug-likeness (QED) is 0.674. The molecule has 0 radical (unpaired) electrons. The van der Waals surface area contributed by atoms with Gasteiger partial charge in [0.25, 0.3) is 0 Å². The SMILES string of the molecule is O=C(NC1CCCCNC1)NC1CCCCO1. The Bertz CT molecular complexity index is 234. The van der Waals surface area contributed by atoms with Crippen molar-refractivity contribution in [2.75, 3.05) is 19.7 Å². The first kappa shape index (κ1) is 12.6. The molecule has 2 aliphatic heterocycles. The monoisotopic (exact) mass is 241 g/mol. The number of amides is 2. The fraction of sp³-hybridized carbons (Fsp3) is 0.917. The van der Waals surface area contributed by atoms with Gasteiger partial charge in [-0.15, -0.1) is 0 Å². The fourth-order valence-electron chi connectivity index (χ4n) is 2.37. The molecule has 5 heteroatoms. The van der Waals surface area contributed by atoms with E-state index in [-0.39, 0.29) is 18.3 Å². The highest BCUT2D eigenvalue weighted by atomic mass is 16.5. The topological polar surface area (TPSA) is 62.4 Å². The Balaban J connectivity index is 1.68. The molecule has 2 heterocycles. The van der Waals surface area contributed by atoms with Crippen LogP contribution in [0, 0.1) is 0 Å². The third kappa shape index (κ3) is 4.52. The van der Waals surface area contributed by atoms with Crippen LogP contribution in [0.15, 0.2) is 0 Å². The van der Waals surface area contributed by atoms with Crippen molar-refractivity contribution in [2.24, 2.45) is 0 Å². The number of hydrogen-bond acceptors (Lipinski definition) is 3. The van der Waals surface area contributed by atoms with E-state index in [0.29, 0.717) is 0 Å². The van der Waals surface area contributed by atoms with E-state index in [1.807, 2.05) is 0 Å². The van der Waals surface area contributed by atoms with Gasteiger partial charge in [0, 0.05) is 19.2 Å². The molecule has 0 aliphatic carbocycles. The predicted molar refractivity (Wildman–Crippen MR) is 65.8 cm³/mol. The molecule has 0 spiro atoms. The highest BCUT2D eigenvalue weighted by Crippen LogP contribution is 2.10. The number of urea groups is 1. The minimum Gasteiger partial charge on any atom is -0.358 e. The van der Waals surface area contributed by atoms with Gasteiger partial charge in [-0.05, 0) is 38.6 Å². The minimum atomic E-state index is -0.0949. The van der Waals surface area contributed by atoms with Gasteiger partial charge in [0.2, 0.25) is 0 Å². The lowest BCUT2D eigenvalue weighted by Gasteiger charge is -2.25. The van der Waals surface area contributed by atoms with Crippen molar-refractivity contribution >= 4 is 6.03 Å². The molecule has 2 aliphatic rings. The summed E-state index contributed by atoms with van der Waals surface area (Å²) in [4.78, 5) is 11.8. The maximum absolute atomic E-state index is 11.8. The molecule has 17 heavy (non-hydrogen) atoms. The number of hydrogen-bond donors (Lipinski definition) is 3. The summed E-state index contributed by atoms with van der Waals surface area (Å²) in [5.74, 6) is 0. The molecule has 2 fully saturated rings. The lowest BCUT2D eigenvalue weighted by atomic mass is 10.1. The molecule has 98 valence electrons. The van der Waals surface area contributed by atoms with Crippen molar-refractivity contribution in [3.05, 3.63) is 0 Å². The second-order valence-corrected chi connectivity index (χ2v) is 4.87. The van der Waals surface area contributed by atoms with Gasteiger partial charge < -0.3 is 20.7 Å². The predicted octanol–water partition coefficient (Wildman–Crippen LogP) is 0.954. The van der Waals surface area contributed by atoms with E-state index in [2.05, 4.69) is 16.0 Å². The summed E-state index contributed by atoms with van der Waals surface area (Å²) in [7, 11) is 0. The van der Waals surface area contributed by atoms with E-state index in [1.165, 1.54) is 12.8 Å². The lowest BCUT2D eigenvalue weighted by Crippen LogP contribution is -2.50. The van der Waals surface area contributed by atoms with Crippen molar-refractivity contribution in [2.45, 2.75) is 50.8 Å². The largest absolute Gasteiger partial charge is 0.358 e. The van der Waals surface area contributed by atoms with Crippen molar-refractivity contribution in [1.29, 1.82) is 0 Å². The maximum Gasteiger partial charge on any atom is 0.317 e. The Morgan fingerprint density at radius 1 is 1.12 bits per heavy atom. The Morgan fingerprint density at radius 2 is 2.00 bits per heavy atom. The Morgan fingerprint density at radius 3 is 2.82 bits per heavy atom. The third-order valence-corrected chi connectivity index (χ3v) is 3.35. The van der Waals surface area contributed by atoms with Gasteiger partial charge in [-0.3, -0.25) is 0 Å². The van der Waals surface area contributed by atoms with Gasteiger partial charge in [-0.2, -0.15) is 0 Å². The van der Waals surface area contributed by atoms with E-state index in [4.69, 9.17) is 4.74 Å². The van der Waals surface area contributed by atoms with E-state index < -0.39 is 0 Å². The highest BCUT2D eigenvalue weighted by Gasteiger charge is 2.18. The van der Waals surface area contributed by atoms with Gasteiger partial charge in [-0.1, -0.05) is 6.42 Å². The molecule has 2 atom stereocenters. The van der Waals surface area contributed by atoms with Crippen molar-refractivity contribution in [3.8, 4) is 0 Å². The first-order chi connectivity index (χ1) is 8.34. The first-order valence-electron chi connectivity index (χ1n) is 6.74. The summed E-state index contributed by atoms with van der Waals surface area (Å²) in [5, 5.41) is 9.23. The van der Waals surface area contributed by atoms with E-state index >= 15 is 0 Å². The fourth-order valence-corrected chi connectivity index (χ4v) is 2.37. The zero-order valence-electron chi connectivity index (χ0n) is 10.3. The molecule has 0 aromatic carbocycles. The molecule has 0 bridgehead atoms. The van der Waals surface area contributed by atoms with Crippen molar-refractivity contribution in [1.82, 2.24) is 16.0 Å². The van der Waals surface area contributed by atoms with Crippen LogP contribution in [0.25, 0.3) is 0 Å². The molecule has 2 rings (SSSR count). The smallest absolute Gasteiger partial charge is 0.317 e. The molecule has 2 saturated heterocycles. The van der Waals surface area contributed by atoms with Gasteiger partial charge in [-0.25, -0.2) is 4.79 Å². The van der Waals surface area contributed by atoms with Crippen LogP contribution in [0.3, 0.4) is 0 Å². The Kier molecular flexibility index (Phi) is 5.07. The van der Waals surface area contributed by atoms with Crippen LogP contribution in [0.5, 0.6) is 0 Å². The summed E-state index contributed by atoms with van der Waals surface area (Å²) in [5.41, 5.74) is 0.